The Morgan fingerprint density at radius 1 is 1.28 bits per heavy atom. The number of rotatable bonds is 5. The first-order chi connectivity index (χ1) is 12.1. The van der Waals surface area contributed by atoms with Gasteiger partial charge in [-0.05, 0) is 50.1 Å². The number of nitrogens with zero attached hydrogens (tertiary/aromatic N) is 4. The van der Waals surface area contributed by atoms with Gasteiger partial charge in [0, 0.05) is 26.7 Å². The topological polar surface area (TPSA) is 68.3 Å². The molecule has 1 N–H and O–H groups in total. The lowest BCUT2D eigenvalue weighted by Gasteiger charge is -2.20. The Morgan fingerprint density at radius 2 is 2.16 bits per heavy atom. The van der Waals surface area contributed by atoms with E-state index >= 15 is 0 Å². The molecule has 0 amide bonds. The molecule has 0 aliphatic carbocycles. The minimum atomic E-state index is 0.387. The van der Waals surface area contributed by atoms with E-state index < -0.39 is 0 Å². The van der Waals surface area contributed by atoms with E-state index in [0.717, 1.165) is 56.2 Å². The van der Waals surface area contributed by atoms with Crippen molar-refractivity contribution in [2.45, 2.75) is 31.8 Å². The minimum Gasteiger partial charge on any atom is -0.449 e. The second-order valence-corrected chi connectivity index (χ2v) is 6.73. The van der Waals surface area contributed by atoms with Gasteiger partial charge in [0.05, 0.1) is 18.4 Å². The van der Waals surface area contributed by atoms with E-state index in [1.54, 1.807) is 6.07 Å². The van der Waals surface area contributed by atoms with Gasteiger partial charge in [-0.1, -0.05) is 0 Å². The molecule has 132 valence electrons. The first-order valence-electron chi connectivity index (χ1n) is 8.75. The van der Waals surface area contributed by atoms with Gasteiger partial charge >= 0.3 is 0 Å². The molecule has 0 bridgehead atoms. The van der Waals surface area contributed by atoms with E-state index in [0.29, 0.717) is 11.8 Å². The molecule has 6 heteroatoms. The fourth-order valence-electron chi connectivity index (χ4n) is 3.17. The van der Waals surface area contributed by atoms with E-state index in [4.69, 9.17) is 9.68 Å². The number of nitriles is 1. The number of likely N-dealkylation sites (tertiary alicyclic amines) is 1. The van der Waals surface area contributed by atoms with Crippen LogP contribution in [0.4, 0.5) is 11.5 Å². The maximum Gasteiger partial charge on any atom is 0.203 e. The van der Waals surface area contributed by atoms with Gasteiger partial charge < -0.3 is 14.6 Å². The molecule has 3 heterocycles. The highest BCUT2D eigenvalue weighted by atomic mass is 16.3. The normalized spacial score (nSPS) is 18.4. The first kappa shape index (κ1) is 17.3. The molecule has 0 spiro atoms. The molecule has 1 aliphatic rings. The fourth-order valence-corrected chi connectivity index (χ4v) is 3.17. The molecular formula is C19H25N5O. The fraction of sp³-hybridized carbons (Fsp3) is 0.474. The van der Waals surface area contributed by atoms with Crippen molar-refractivity contribution in [2.24, 2.45) is 0 Å². The summed E-state index contributed by atoms with van der Waals surface area (Å²) in [5, 5.41) is 12.5. The Labute approximate surface area is 149 Å². The zero-order valence-electron chi connectivity index (χ0n) is 14.9. The molecule has 1 aliphatic heterocycles. The van der Waals surface area contributed by atoms with E-state index in [9.17, 15) is 0 Å². The molecule has 3 rings (SSSR count). The summed E-state index contributed by atoms with van der Waals surface area (Å²) < 4.78 is 5.50. The number of nitrogens with one attached hydrogen (secondary N) is 1. The predicted molar refractivity (Wildman–Crippen MR) is 98.5 cm³/mol. The van der Waals surface area contributed by atoms with Crippen LogP contribution in [0.25, 0.3) is 0 Å². The van der Waals surface area contributed by atoms with Crippen LogP contribution in [-0.4, -0.2) is 43.1 Å². The molecule has 0 radical (unpaired) electrons. The SMILES string of the molecule is CN(C)c1ccc(N[C@@H]2CCCN(Cc3ccc(C#N)o3)CC2)cn1. The average molecular weight is 339 g/mol. The van der Waals surface area contributed by atoms with Gasteiger partial charge in [0.2, 0.25) is 5.76 Å². The van der Waals surface area contributed by atoms with Crippen LogP contribution in [0, 0.1) is 11.3 Å². The Kier molecular flexibility index (Phi) is 5.56. The number of anilines is 2. The van der Waals surface area contributed by atoms with Crippen LogP contribution >= 0.6 is 0 Å². The van der Waals surface area contributed by atoms with Gasteiger partial charge in [0.1, 0.15) is 17.6 Å². The molecule has 0 saturated carbocycles. The van der Waals surface area contributed by atoms with Gasteiger partial charge in [-0.3, -0.25) is 4.90 Å². The second kappa shape index (κ2) is 8.04. The number of hydrogen-bond acceptors (Lipinski definition) is 6. The van der Waals surface area contributed by atoms with E-state index in [1.165, 1.54) is 0 Å². The van der Waals surface area contributed by atoms with Gasteiger partial charge in [-0.15, -0.1) is 0 Å². The number of aromatic nitrogens is 1. The molecule has 0 aromatic carbocycles. The maximum absolute atomic E-state index is 8.85. The highest BCUT2D eigenvalue weighted by molar-refractivity contribution is 5.48. The molecule has 6 nitrogen and oxygen atoms in total. The molecule has 0 unspecified atom stereocenters. The summed E-state index contributed by atoms with van der Waals surface area (Å²) in [6.45, 7) is 2.84. The zero-order chi connectivity index (χ0) is 17.6. The van der Waals surface area contributed by atoms with Gasteiger partial charge in [-0.25, -0.2) is 4.98 Å². The van der Waals surface area contributed by atoms with Gasteiger partial charge in [-0.2, -0.15) is 5.26 Å². The monoisotopic (exact) mass is 339 g/mol. The van der Waals surface area contributed by atoms with Crippen LogP contribution in [0.1, 0.15) is 30.8 Å². The van der Waals surface area contributed by atoms with Gasteiger partial charge in [0.15, 0.2) is 0 Å². The smallest absolute Gasteiger partial charge is 0.203 e. The van der Waals surface area contributed by atoms with Crippen molar-refractivity contribution in [3.05, 3.63) is 42.0 Å². The lowest BCUT2D eigenvalue weighted by Crippen LogP contribution is -2.26. The number of furan rings is 1. The molecule has 2 aromatic rings. The minimum absolute atomic E-state index is 0.387. The Balaban J connectivity index is 1.51. The summed E-state index contributed by atoms with van der Waals surface area (Å²) in [6, 6.07) is 10.3. The van der Waals surface area contributed by atoms with Crippen LogP contribution in [0.2, 0.25) is 0 Å². The van der Waals surface area contributed by atoms with Crippen LogP contribution in [0.5, 0.6) is 0 Å². The van der Waals surface area contributed by atoms with Crippen molar-refractivity contribution in [1.29, 1.82) is 5.26 Å². The van der Waals surface area contributed by atoms with Gasteiger partial charge in [0.25, 0.3) is 0 Å². The summed E-state index contributed by atoms with van der Waals surface area (Å²) in [4.78, 5) is 8.86. The third-order valence-electron chi connectivity index (χ3n) is 4.55. The Bertz CT molecular complexity index is 716. The van der Waals surface area contributed by atoms with Crippen LogP contribution < -0.4 is 10.2 Å². The highest BCUT2D eigenvalue weighted by Crippen LogP contribution is 2.19. The Hall–Kier alpha value is -2.52. The van der Waals surface area contributed by atoms with Crippen LogP contribution in [-0.2, 0) is 6.54 Å². The standard InChI is InChI=1S/C19H25N5O/c1-23(2)19-8-5-16(13-21-19)22-15-4-3-10-24(11-9-15)14-18-7-6-17(12-20)25-18/h5-8,13,15,22H,3-4,9-11,14H2,1-2H3/t15-/m1/s1. The van der Waals surface area contributed by atoms with Crippen LogP contribution in [0.3, 0.4) is 0 Å². The summed E-state index contributed by atoms with van der Waals surface area (Å²) in [6.07, 6.45) is 5.28. The third kappa shape index (κ3) is 4.74. The summed E-state index contributed by atoms with van der Waals surface area (Å²) >= 11 is 0. The number of hydrogen-bond donors (Lipinski definition) is 1. The first-order valence-corrected chi connectivity index (χ1v) is 8.75. The van der Waals surface area contributed by atoms with Crippen molar-refractivity contribution in [2.75, 3.05) is 37.4 Å². The van der Waals surface area contributed by atoms with Crippen molar-refractivity contribution < 1.29 is 4.42 Å². The van der Waals surface area contributed by atoms with Crippen LogP contribution in [0.15, 0.2) is 34.9 Å². The molecular weight excluding hydrogens is 314 g/mol. The zero-order valence-corrected chi connectivity index (χ0v) is 14.9. The van der Waals surface area contributed by atoms with E-state index in [2.05, 4.69) is 21.3 Å². The Morgan fingerprint density at radius 3 is 2.84 bits per heavy atom. The van der Waals surface area contributed by atoms with Crippen molar-refractivity contribution in [3.63, 3.8) is 0 Å². The van der Waals surface area contributed by atoms with Crippen molar-refractivity contribution >= 4 is 11.5 Å². The van der Waals surface area contributed by atoms with Crippen molar-refractivity contribution in [1.82, 2.24) is 9.88 Å². The lowest BCUT2D eigenvalue weighted by molar-refractivity contribution is 0.252. The summed E-state index contributed by atoms with van der Waals surface area (Å²) in [5.74, 6) is 2.22. The summed E-state index contributed by atoms with van der Waals surface area (Å²) in [7, 11) is 3.99. The molecule has 25 heavy (non-hydrogen) atoms. The molecule has 1 saturated heterocycles. The average Bonchev–Trinajstić information content (AvgIpc) is 2.96. The quantitative estimate of drug-likeness (QED) is 0.903. The summed E-state index contributed by atoms with van der Waals surface area (Å²) in [5.41, 5.74) is 1.08. The molecule has 1 fully saturated rings. The van der Waals surface area contributed by atoms with E-state index in [-0.39, 0.29) is 0 Å². The lowest BCUT2D eigenvalue weighted by atomic mass is 10.1. The molecule has 1 atom stereocenters. The highest BCUT2D eigenvalue weighted by Gasteiger charge is 2.18. The third-order valence-corrected chi connectivity index (χ3v) is 4.55. The van der Waals surface area contributed by atoms with Crippen molar-refractivity contribution in [3.8, 4) is 6.07 Å². The molecule has 2 aromatic heterocycles. The second-order valence-electron chi connectivity index (χ2n) is 6.73. The van der Waals surface area contributed by atoms with E-state index in [1.807, 2.05) is 43.4 Å². The predicted octanol–water partition coefficient (Wildman–Crippen LogP) is 3.08. The largest absolute Gasteiger partial charge is 0.449 e. The number of pyridine rings is 1. The maximum atomic E-state index is 8.85.